The molecule has 4 rings (SSSR count). The van der Waals surface area contributed by atoms with Crippen LogP contribution in [-0.2, 0) is 9.59 Å². The molecule has 1 amide bonds. The van der Waals surface area contributed by atoms with E-state index in [1.54, 1.807) is 68.4 Å². The van der Waals surface area contributed by atoms with Crippen LogP contribution in [0.3, 0.4) is 0 Å². The topological polar surface area (TPSA) is 96.3 Å². The Morgan fingerprint density at radius 1 is 1.08 bits per heavy atom. The van der Waals surface area contributed by atoms with Gasteiger partial charge in [0.1, 0.15) is 11.5 Å². The van der Waals surface area contributed by atoms with Crippen molar-refractivity contribution in [3.05, 3.63) is 87.9 Å². The quantitative estimate of drug-likeness (QED) is 0.219. The number of anilines is 1. The lowest BCUT2D eigenvalue weighted by Gasteiger charge is -2.27. The zero-order valence-corrected chi connectivity index (χ0v) is 21.7. The summed E-state index contributed by atoms with van der Waals surface area (Å²) in [5.74, 6) is -1.33. The molecule has 37 heavy (non-hydrogen) atoms. The van der Waals surface area contributed by atoms with Crippen molar-refractivity contribution in [1.29, 1.82) is 0 Å². The third kappa shape index (κ3) is 5.13. The monoisotopic (exact) mass is 521 g/mol. The van der Waals surface area contributed by atoms with Crippen LogP contribution < -0.4 is 14.4 Å². The SMILES string of the molecule is CCOc1cc(C2/C(=C(\O)c3cccc(OC(C)C)c3)C(=O)C(=O)N2c2ccc(Cl)cc2C)ccc1O. The number of benzene rings is 3. The van der Waals surface area contributed by atoms with Crippen molar-refractivity contribution in [2.24, 2.45) is 0 Å². The van der Waals surface area contributed by atoms with Gasteiger partial charge in [-0.15, -0.1) is 0 Å². The van der Waals surface area contributed by atoms with Gasteiger partial charge in [0, 0.05) is 16.3 Å². The molecule has 0 aliphatic carbocycles. The lowest BCUT2D eigenvalue weighted by Crippen LogP contribution is -2.30. The van der Waals surface area contributed by atoms with Crippen LogP contribution in [0.1, 0.15) is 43.5 Å². The number of carbonyl (C=O) groups excluding carboxylic acids is 2. The van der Waals surface area contributed by atoms with Gasteiger partial charge in [-0.2, -0.15) is 0 Å². The van der Waals surface area contributed by atoms with E-state index in [0.717, 1.165) is 0 Å². The summed E-state index contributed by atoms with van der Waals surface area (Å²) in [4.78, 5) is 28.3. The van der Waals surface area contributed by atoms with Crippen LogP contribution in [0.4, 0.5) is 5.69 Å². The Labute approximate surface area is 220 Å². The van der Waals surface area contributed by atoms with Gasteiger partial charge in [0.15, 0.2) is 11.5 Å². The molecule has 3 aromatic carbocycles. The summed E-state index contributed by atoms with van der Waals surface area (Å²) in [5.41, 5.74) is 1.87. The summed E-state index contributed by atoms with van der Waals surface area (Å²) >= 11 is 6.15. The highest BCUT2D eigenvalue weighted by molar-refractivity contribution is 6.51. The molecule has 1 saturated heterocycles. The Bertz CT molecular complexity index is 1400. The fourth-order valence-corrected chi connectivity index (χ4v) is 4.63. The number of halogens is 1. The molecule has 8 heteroatoms. The fourth-order valence-electron chi connectivity index (χ4n) is 4.40. The number of ether oxygens (including phenoxy) is 2. The van der Waals surface area contributed by atoms with Gasteiger partial charge in [0.2, 0.25) is 0 Å². The number of carbonyl (C=O) groups is 2. The van der Waals surface area contributed by atoms with Crippen LogP contribution in [0.25, 0.3) is 5.76 Å². The number of Topliss-reactive ketones (excluding diaryl/α,β-unsaturated/α-hetero) is 1. The van der Waals surface area contributed by atoms with Crippen LogP contribution in [-0.4, -0.2) is 34.6 Å². The van der Waals surface area contributed by atoms with Crippen molar-refractivity contribution < 1.29 is 29.3 Å². The fraction of sp³-hybridized carbons (Fsp3) is 0.241. The maximum Gasteiger partial charge on any atom is 0.300 e. The van der Waals surface area contributed by atoms with Crippen molar-refractivity contribution in [3.8, 4) is 17.2 Å². The molecule has 192 valence electrons. The van der Waals surface area contributed by atoms with Crippen molar-refractivity contribution in [2.75, 3.05) is 11.5 Å². The number of ketones is 1. The predicted molar refractivity (Wildman–Crippen MR) is 142 cm³/mol. The molecule has 2 N–H and O–H groups in total. The van der Waals surface area contributed by atoms with Crippen LogP contribution in [0.5, 0.6) is 17.2 Å². The molecule has 7 nitrogen and oxygen atoms in total. The summed E-state index contributed by atoms with van der Waals surface area (Å²) in [6, 6.07) is 15.3. The van der Waals surface area contributed by atoms with Crippen LogP contribution in [0.2, 0.25) is 5.02 Å². The Hall–Kier alpha value is -3.97. The molecule has 1 unspecified atom stereocenters. The molecule has 1 aliphatic heterocycles. The van der Waals surface area contributed by atoms with Gasteiger partial charge in [-0.3, -0.25) is 14.5 Å². The molecule has 0 saturated carbocycles. The van der Waals surface area contributed by atoms with Crippen molar-refractivity contribution in [1.82, 2.24) is 0 Å². The zero-order valence-electron chi connectivity index (χ0n) is 21.0. The molecule has 0 bridgehead atoms. The number of phenolic OH excluding ortho intramolecular Hbond substituents is 1. The number of amides is 1. The first-order valence-corrected chi connectivity index (χ1v) is 12.3. The highest BCUT2D eigenvalue weighted by Gasteiger charge is 2.47. The van der Waals surface area contributed by atoms with Gasteiger partial charge in [0.25, 0.3) is 11.7 Å². The van der Waals surface area contributed by atoms with E-state index in [0.29, 0.717) is 39.8 Å². The van der Waals surface area contributed by atoms with E-state index >= 15 is 0 Å². The number of aryl methyl sites for hydroxylation is 1. The van der Waals surface area contributed by atoms with Crippen molar-refractivity contribution in [3.63, 3.8) is 0 Å². The number of aromatic hydroxyl groups is 1. The number of hydrogen-bond acceptors (Lipinski definition) is 6. The molecule has 0 spiro atoms. The van der Waals surface area contributed by atoms with E-state index in [-0.39, 0.29) is 28.9 Å². The number of aliphatic hydroxyl groups excluding tert-OH is 1. The first kappa shape index (κ1) is 26.1. The molecule has 1 aliphatic rings. The molecule has 0 radical (unpaired) electrons. The predicted octanol–water partition coefficient (Wildman–Crippen LogP) is 6.17. The summed E-state index contributed by atoms with van der Waals surface area (Å²) in [6.45, 7) is 7.63. The third-order valence-corrected chi connectivity index (χ3v) is 6.18. The number of nitrogens with zero attached hydrogens (tertiary/aromatic N) is 1. The Balaban J connectivity index is 1.95. The van der Waals surface area contributed by atoms with Crippen molar-refractivity contribution in [2.45, 2.75) is 39.8 Å². The normalized spacial score (nSPS) is 16.9. The average Bonchev–Trinajstić information content (AvgIpc) is 3.10. The van der Waals surface area contributed by atoms with E-state index in [1.165, 1.54) is 11.0 Å². The standard InChI is InChI=1S/C29H28ClNO6/c1-5-36-24-15-18(9-12-23(24)32)26-25(27(33)19-7-6-8-21(14-19)37-16(2)3)28(34)29(35)31(26)22-11-10-20(30)13-17(22)4/h6-16,26,32-33H,5H2,1-4H3/b27-25+. The molecular weight excluding hydrogens is 494 g/mol. The highest BCUT2D eigenvalue weighted by Crippen LogP contribution is 2.45. The highest BCUT2D eigenvalue weighted by atomic mass is 35.5. The Kier molecular flexibility index (Phi) is 7.45. The summed E-state index contributed by atoms with van der Waals surface area (Å²) in [7, 11) is 0. The third-order valence-electron chi connectivity index (χ3n) is 5.94. The number of hydrogen-bond donors (Lipinski definition) is 2. The van der Waals surface area contributed by atoms with Gasteiger partial charge >= 0.3 is 0 Å². The van der Waals surface area contributed by atoms with Crippen molar-refractivity contribution >= 4 is 34.7 Å². The average molecular weight is 522 g/mol. The van der Waals surface area contributed by atoms with Gasteiger partial charge < -0.3 is 19.7 Å². The number of phenols is 1. The first-order valence-electron chi connectivity index (χ1n) is 11.9. The summed E-state index contributed by atoms with van der Waals surface area (Å²) < 4.78 is 11.3. The van der Waals surface area contributed by atoms with Gasteiger partial charge in [-0.05, 0) is 81.3 Å². The van der Waals surface area contributed by atoms with E-state index in [4.69, 9.17) is 21.1 Å². The lowest BCUT2D eigenvalue weighted by atomic mass is 9.94. The minimum atomic E-state index is -0.991. The second kappa shape index (κ2) is 10.6. The molecular formula is C29H28ClNO6. The van der Waals surface area contributed by atoms with E-state index in [1.807, 2.05) is 13.8 Å². The molecule has 1 fully saturated rings. The largest absolute Gasteiger partial charge is 0.507 e. The minimum Gasteiger partial charge on any atom is -0.507 e. The number of aliphatic hydroxyl groups is 1. The second-order valence-electron chi connectivity index (χ2n) is 8.95. The maximum absolute atomic E-state index is 13.5. The molecule has 1 atom stereocenters. The molecule has 3 aromatic rings. The Morgan fingerprint density at radius 2 is 1.84 bits per heavy atom. The van der Waals surface area contributed by atoms with Gasteiger partial charge in [-0.1, -0.05) is 29.8 Å². The van der Waals surface area contributed by atoms with Crippen LogP contribution in [0.15, 0.2) is 66.2 Å². The summed E-state index contributed by atoms with van der Waals surface area (Å²) in [6.07, 6.45) is -0.0927. The van der Waals surface area contributed by atoms with Crippen LogP contribution in [0, 0.1) is 6.92 Å². The smallest absolute Gasteiger partial charge is 0.300 e. The molecule has 1 heterocycles. The first-order chi connectivity index (χ1) is 17.6. The lowest BCUT2D eigenvalue weighted by molar-refractivity contribution is -0.132. The minimum absolute atomic E-state index is 0.0799. The van der Waals surface area contributed by atoms with Gasteiger partial charge in [0.05, 0.1) is 24.3 Å². The van der Waals surface area contributed by atoms with E-state index < -0.39 is 17.7 Å². The Morgan fingerprint density at radius 3 is 2.51 bits per heavy atom. The molecule has 0 aromatic heterocycles. The second-order valence-corrected chi connectivity index (χ2v) is 9.39. The summed E-state index contributed by atoms with van der Waals surface area (Å²) in [5, 5.41) is 22.2. The van der Waals surface area contributed by atoms with Gasteiger partial charge in [-0.25, -0.2) is 0 Å². The van der Waals surface area contributed by atoms with E-state index in [9.17, 15) is 19.8 Å². The van der Waals surface area contributed by atoms with Crippen LogP contribution >= 0.6 is 11.6 Å². The maximum atomic E-state index is 13.5. The zero-order chi connectivity index (χ0) is 26.9. The number of rotatable bonds is 7. The van der Waals surface area contributed by atoms with E-state index in [2.05, 4.69) is 0 Å².